The number of amides is 1. The quantitative estimate of drug-likeness (QED) is 0.712. The Morgan fingerprint density at radius 3 is 2.63 bits per heavy atom. The van der Waals surface area contributed by atoms with Crippen molar-refractivity contribution in [2.24, 2.45) is 5.92 Å². The molecule has 1 aliphatic rings. The molecular formula is C14H21N3O2. The van der Waals surface area contributed by atoms with Crippen LogP contribution in [0, 0.1) is 5.92 Å². The smallest absolute Gasteiger partial charge is 0.254 e. The number of carbonyl (C=O) groups is 1. The molecule has 0 aliphatic carbocycles. The Balaban J connectivity index is 2.10. The van der Waals surface area contributed by atoms with E-state index in [2.05, 4.69) is 0 Å². The summed E-state index contributed by atoms with van der Waals surface area (Å²) in [6.45, 7) is 1.64. The molecule has 0 bridgehead atoms. The number of hydrogen-bond donors (Lipinski definition) is 3. The predicted molar refractivity (Wildman–Crippen MR) is 75.6 cm³/mol. The number of piperidine rings is 1. The highest BCUT2D eigenvalue weighted by Crippen LogP contribution is 2.22. The number of aliphatic hydroxyl groups excluding tert-OH is 1. The zero-order chi connectivity index (χ0) is 13.8. The molecule has 1 aliphatic heterocycles. The predicted octanol–water partition coefficient (Wildman–Crippen LogP) is 1.09. The molecule has 1 amide bonds. The number of anilines is 2. The first-order chi connectivity index (χ1) is 9.10. The lowest BCUT2D eigenvalue weighted by Gasteiger charge is -2.32. The number of hydrogen-bond acceptors (Lipinski definition) is 4. The second-order valence-electron chi connectivity index (χ2n) is 5.16. The van der Waals surface area contributed by atoms with E-state index < -0.39 is 0 Å². The summed E-state index contributed by atoms with van der Waals surface area (Å²) in [4.78, 5) is 14.2. The number of aliphatic hydroxyl groups is 1. The van der Waals surface area contributed by atoms with Gasteiger partial charge in [-0.05, 0) is 43.4 Å². The lowest BCUT2D eigenvalue weighted by molar-refractivity contribution is 0.0653. The van der Waals surface area contributed by atoms with Gasteiger partial charge in [-0.3, -0.25) is 4.79 Å². The third kappa shape index (κ3) is 3.38. The van der Waals surface area contributed by atoms with Crippen LogP contribution in [0.5, 0.6) is 0 Å². The molecule has 5 N–H and O–H groups in total. The van der Waals surface area contributed by atoms with Crippen LogP contribution in [0.1, 0.15) is 29.6 Å². The molecule has 19 heavy (non-hydrogen) atoms. The first-order valence-electron chi connectivity index (χ1n) is 6.66. The van der Waals surface area contributed by atoms with E-state index in [-0.39, 0.29) is 12.5 Å². The minimum atomic E-state index is -0.0263. The first kappa shape index (κ1) is 13.7. The van der Waals surface area contributed by atoms with Crippen molar-refractivity contribution in [3.8, 4) is 0 Å². The van der Waals surface area contributed by atoms with Gasteiger partial charge in [-0.1, -0.05) is 0 Å². The Hall–Kier alpha value is -1.75. The van der Waals surface area contributed by atoms with Crippen molar-refractivity contribution in [2.75, 3.05) is 31.2 Å². The van der Waals surface area contributed by atoms with E-state index in [1.165, 1.54) is 0 Å². The second-order valence-corrected chi connectivity index (χ2v) is 5.16. The largest absolute Gasteiger partial charge is 0.399 e. The molecule has 1 saturated heterocycles. The Bertz CT molecular complexity index is 440. The molecular weight excluding hydrogens is 242 g/mol. The summed E-state index contributed by atoms with van der Waals surface area (Å²) < 4.78 is 0. The van der Waals surface area contributed by atoms with Gasteiger partial charge < -0.3 is 21.5 Å². The number of benzene rings is 1. The average Bonchev–Trinajstić information content (AvgIpc) is 2.37. The van der Waals surface area contributed by atoms with Crippen LogP contribution in [0.15, 0.2) is 18.2 Å². The van der Waals surface area contributed by atoms with Gasteiger partial charge in [-0.15, -0.1) is 0 Å². The Kier molecular flexibility index (Phi) is 4.27. The lowest BCUT2D eigenvalue weighted by Crippen LogP contribution is -2.40. The third-order valence-electron chi connectivity index (χ3n) is 3.57. The molecule has 1 unspecified atom stereocenters. The fraction of sp³-hybridized carbons (Fsp3) is 0.500. The molecule has 1 atom stereocenters. The van der Waals surface area contributed by atoms with Gasteiger partial charge in [0.2, 0.25) is 0 Å². The molecule has 0 saturated carbocycles. The normalized spacial score (nSPS) is 19.4. The van der Waals surface area contributed by atoms with Crippen molar-refractivity contribution in [1.82, 2.24) is 4.90 Å². The molecule has 0 aromatic heterocycles. The highest BCUT2D eigenvalue weighted by molar-refractivity contribution is 5.96. The van der Waals surface area contributed by atoms with Gasteiger partial charge in [0.1, 0.15) is 0 Å². The van der Waals surface area contributed by atoms with Gasteiger partial charge in [0, 0.05) is 36.6 Å². The van der Waals surface area contributed by atoms with Gasteiger partial charge in [-0.2, -0.15) is 0 Å². The van der Waals surface area contributed by atoms with E-state index in [9.17, 15) is 4.79 Å². The molecule has 104 valence electrons. The number of rotatable bonds is 3. The lowest BCUT2D eigenvalue weighted by atomic mass is 9.94. The maximum atomic E-state index is 12.4. The maximum Gasteiger partial charge on any atom is 0.254 e. The van der Waals surface area contributed by atoms with Crippen LogP contribution in [0.2, 0.25) is 0 Å². The molecule has 0 spiro atoms. The van der Waals surface area contributed by atoms with E-state index in [0.29, 0.717) is 29.4 Å². The van der Waals surface area contributed by atoms with Gasteiger partial charge in [-0.25, -0.2) is 0 Å². The van der Waals surface area contributed by atoms with Crippen molar-refractivity contribution in [3.05, 3.63) is 23.8 Å². The number of nitrogens with two attached hydrogens (primary N) is 2. The number of likely N-dealkylation sites (tertiary alicyclic amines) is 1. The van der Waals surface area contributed by atoms with Crippen LogP contribution < -0.4 is 11.5 Å². The number of carbonyl (C=O) groups excluding carboxylic acids is 1. The fourth-order valence-corrected chi connectivity index (χ4v) is 2.65. The van der Waals surface area contributed by atoms with Crippen molar-refractivity contribution in [2.45, 2.75) is 19.3 Å². The van der Waals surface area contributed by atoms with Crippen LogP contribution in [-0.2, 0) is 0 Å². The minimum absolute atomic E-state index is 0.0263. The standard InChI is InChI=1S/C14H21N3O2/c15-12-6-11(7-13(16)8-12)14(19)17-4-1-2-10(9-17)3-5-18/h6-8,10,18H,1-5,9,15-16H2. The zero-order valence-electron chi connectivity index (χ0n) is 11.0. The second kappa shape index (κ2) is 5.93. The van der Waals surface area contributed by atoms with Crippen molar-refractivity contribution < 1.29 is 9.90 Å². The van der Waals surface area contributed by atoms with Crippen LogP contribution in [-0.4, -0.2) is 35.6 Å². The SMILES string of the molecule is Nc1cc(N)cc(C(=O)N2CCCC(CCO)C2)c1. The van der Waals surface area contributed by atoms with Gasteiger partial charge in [0.15, 0.2) is 0 Å². The molecule has 1 aromatic carbocycles. The molecule has 1 fully saturated rings. The van der Waals surface area contributed by atoms with Gasteiger partial charge in [0.25, 0.3) is 5.91 Å². The average molecular weight is 263 g/mol. The van der Waals surface area contributed by atoms with Crippen LogP contribution in [0.25, 0.3) is 0 Å². The van der Waals surface area contributed by atoms with Crippen LogP contribution in [0.4, 0.5) is 11.4 Å². The zero-order valence-corrected chi connectivity index (χ0v) is 11.0. The topological polar surface area (TPSA) is 92.6 Å². The first-order valence-corrected chi connectivity index (χ1v) is 6.66. The van der Waals surface area contributed by atoms with E-state index in [0.717, 1.165) is 25.8 Å². The Morgan fingerprint density at radius 2 is 2.00 bits per heavy atom. The van der Waals surface area contributed by atoms with E-state index in [4.69, 9.17) is 16.6 Å². The summed E-state index contributed by atoms with van der Waals surface area (Å²) >= 11 is 0. The molecule has 5 nitrogen and oxygen atoms in total. The van der Waals surface area contributed by atoms with E-state index in [1.54, 1.807) is 18.2 Å². The molecule has 1 heterocycles. The minimum Gasteiger partial charge on any atom is -0.399 e. The summed E-state index contributed by atoms with van der Waals surface area (Å²) in [5.41, 5.74) is 13.0. The van der Waals surface area contributed by atoms with Crippen LogP contribution in [0.3, 0.4) is 0 Å². The van der Waals surface area contributed by atoms with Crippen LogP contribution >= 0.6 is 0 Å². The Morgan fingerprint density at radius 1 is 1.32 bits per heavy atom. The van der Waals surface area contributed by atoms with E-state index in [1.807, 2.05) is 4.90 Å². The molecule has 1 aromatic rings. The number of nitrogen functional groups attached to an aromatic ring is 2. The summed E-state index contributed by atoms with van der Waals surface area (Å²) in [6.07, 6.45) is 2.81. The number of nitrogens with zero attached hydrogens (tertiary/aromatic N) is 1. The third-order valence-corrected chi connectivity index (χ3v) is 3.57. The summed E-state index contributed by atoms with van der Waals surface area (Å²) in [7, 11) is 0. The van der Waals surface area contributed by atoms with Crippen molar-refractivity contribution in [1.29, 1.82) is 0 Å². The monoisotopic (exact) mass is 263 g/mol. The summed E-state index contributed by atoms with van der Waals surface area (Å²) in [5.74, 6) is 0.364. The van der Waals surface area contributed by atoms with Crippen molar-refractivity contribution in [3.63, 3.8) is 0 Å². The fourth-order valence-electron chi connectivity index (χ4n) is 2.65. The molecule has 0 radical (unpaired) electrons. The molecule has 5 heteroatoms. The van der Waals surface area contributed by atoms with Crippen molar-refractivity contribution >= 4 is 17.3 Å². The van der Waals surface area contributed by atoms with Gasteiger partial charge in [0.05, 0.1) is 0 Å². The Labute approximate surface area is 113 Å². The summed E-state index contributed by atoms with van der Waals surface area (Å²) in [5, 5.41) is 9.00. The molecule has 2 rings (SSSR count). The van der Waals surface area contributed by atoms with Gasteiger partial charge >= 0.3 is 0 Å². The highest BCUT2D eigenvalue weighted by atomic mass is 16.3. The highest BCUT2D eigenvalue weighted by Gasteiger charge is 2.24. The summed E-state index contributed by atoms with van der Waals surface area (Å²) in [6, 6.07) is 4.96. The van der Waals surface area contributed by atoms with E-state index >= 15 is 0 Å². The maximum absolute atomic E-state index is 12.4.